The summed E-state index contributed by atoms with van der Waals surface area (Å²) >= 11 is 6.73. The maximum Gasteiger partial charge on any atom is 0.409 e. The lowest BCUT2D eigenvalue weighted by atomic mass is 9.83. The molecule has 2 N–H and O–H groups in total. The first-order valence-electron chi connectivity index (χ1n) is 16.0. The summed E-state index contributed by atoms with van der Waals surface area (Å²) in [4.78, 5) is 41.5. The maximum absolute atomic E-state index is 14.0. The Labute approximate surface area is 300 Å². The van der Waals surface area contributed by atoms with Crippen molar-refractivity contribution >= 4 is 56.8 Å². The minimum Gasteiger partial charge on any atom is -0.495 e. The topological polar surface area (TPSA) is 145 Å². The highest BCUT2D eigenvalue weighted by Gasteiger charge is 2.64. The van der Waals surface area contributed by atoms with E-state index in [1.54, 1.807) is 60.7 Å². The molecule has 0 aliphatic carbocycles. The lowest BCUT2D eigenvalue weighted by Crippen LogP contribution is -2.63. The van der Waals surface area contributed by atoms with Crippen molar-refractivity contribution in [3.8, 4) is 5.75 Å². The van der Waals surface area contributed by atoms with Gasteiger partial charge in [-0.25, -0.2) is 9.59 Å². The smallest absolute Gasteiger partial charge is 0.409 e. The number of epoxide rings is 1. The Bertz CT molecular complexity index is 1450. The number of aliphatic hydroxyl groups is 1. The van der Waals surface area contributed by atoms with Crippen LogP contribution in [0.4, 0.5) is 10.5 Å². The summed E-state index contributed by atoms with van der Waals surface area (Å²) in [5.74, 6) is -0.420. The molecule has 4 rings (SSSR count). The summed E-state index contributed by atoms with van der Waals surface area (Å²) in [6.45, 7) is 7.46. The van der Waals surface area contributed by atoms with Crippen molar-refractivity contribution < 1.29 is 47.9 Å². The van der Waals surface area contributed by atoms with E-state index in [1.807, 2.05) is 32.2 Å². The zero-order valence-corrected chi connectivity index (χ0v) is 31.5. The number of hydrogen-bond acceptors (Lipinski definition) is 12. The van der Waals surface area contributed by atoms with Crippen molar-refractivity contribution in [2.24, 2.45) is 5.92 Å². The molecule has 1 aromatic carbocycles. The van der Waals surface area contributed by atoms with Gasteiger partial charge in [0.05, 0.1) is 31.9 Å². The third-order valence-corrected chi connectivity index (χ3v) is 11.3. The van der Waals surface area contributed by atoms with E-state index in [0.717, 1.165) is 11.1 Å². The molecule has 3 aliphatic heterocycles. The van der Waals surface area contributed by atoms with Crippen LogP contribution in [0.1, 0.15) is 46.1 Å². The highest BCUT2D eigenvalue weighted by molar-refractivity contribution is 8.76. The molecule has 49 heavy (non-hydrogen) atoms. The number of hydrogen-bond donors (Lipinski definition) is 2. The average molecular weight is 743 g/mol. The first kappa shape index (κ1) is 39.3. The van der Waals surface area contributed by atoms with Gasteiger partial charge in [0, 0.05) is 32.2 Å². The van der Waals surface area contributed by atoms with Gasteiger partial charge in [-0.3, -0.25) is 10.1 Å². The fourth-order valence-corrected chi connectivity index (χ4v) is 7.60. The molecule has 3 aliphatic rings. The standard InChI is InChI=1S/C34H47ClN2O10S2/c1-19-10-9-11-26(43-7)34(41)18-25(45-32(40)36-34)20(2)30-33(4,47-30)27(46-31(39)21(3)44-12-13-49-48-8)17-28(38)37(5)23-15-22(14-19)16-24(42-6)29(23)35/h9-11,15-16,20-21,25-27,30,41H,12-14,17-18H2,1-8H3,(H,36,40)/b11-9+,19-10+/t20-,21+,25+,26-,27+,30+,33+,34+/m1/s1. The van der Waals surface area contributed by atoms with Crippen molar-refractivity contribution in [3.05, 3.63) is 46.5 Å². The molecule has 2 amide bonds. The van der Waals surface area contributed by atoms with Crippen LogP contribution < -0.4 is 15.0 Å². The minimum atomic E-state index is -1.79. The molecule has 0 aromatic heterocycles. The number of alkyl carbamates (subject to hydrolysis) is 1. The fourth-order valence-electron chi connectivity index (χ4n) is 6.25. The second-order valence-corrected chi connectivity index (χ2v) is 15.8. The van der Waals surface area contributed by atoms with Crippen molar-refractivity contribution in [2.75, 3.05) is 44.8 Å². The number of esters is 1. The van der Waals surface area contributed by atoms with Crippen LogP contribution in [0.5, 0.6) is 5.75 Å². The van der Waals surface area contributed by atoms with E-state index in [9.17, 15) is 19.5 Å². The second-order valence-electron chi connectivity index (χ2n) is 12.7. The summed E-state index contributed by atoms with van der Waals surface area (Å²) in [5, 5.41) is 14.5. The summed E-state index contributed by atoms with van der Waals surface area (Å²) in [6.07, 6.45) is 2.42. The van der Waals surface area contributed by atoms with E-state index in [-0.39, 0.29) is 23.8 Å². The van der Waals surface area contributed by atoms with Gasteiger partial charge in [0.2, 0.25) is 5.91 Å². The molecular formula is C34H47ClN2O10S2. The van der Waals surface area contributed by atoms with E-state index in [1.165, 1.54) is 19.1 Å². The summed E-state index contributed by atoms with van der Waals surface area (Å²) in [6, 6.07) is 3.62. The number of anilines is 1. The highest BCUT2D eigenvalue weighted by atomic mass is 35.5. The molecule has 1 aromatic rings. The van der Waals surface area contributed by atoms with Crippen LogP contribution in [0, 0.1) is 5.92 Å². The number of methoxy groups -OCH3 is 2. The van der Waals surface area contributed by atoms with Crippen LogP contribution in [0.25, 0.3) is 0 Å². The van der Waals surface area contributed by atoms with E-state index >= 15 is 0 Å². The number of benzene rings is 1. The lowest BCUT2D eigenvalue weighted by molar-refractivity contribution is -0.165. The van der Waals surface area contributed by atoms with Gasteiger partial charge < -0.3 is 38.4 Å². The van der Waals surface area contributed by atoms with Crippen LogP contribution in [0.15, 0.2) is 35.9 Å². The Morgan fingerprint density at radius 3 is 2.69 bits per heavy atom. The number of rotatable bonds is 9. The predicted molar refractivity (Wildman–Crippen MR) is 190 cm³/mol. The molecular weight excluding hydrogens is 696 g/mol. The number of allylic oxidation sites excluding steroid dienone is 3. The molecule has 2 saturated heterocycles. The van der Waals surface area contributed by atoms with Gasteiger partial charge in [-0.15, -0.1) is 0 Å². The first-order chi connectivity index (χ1) is 23.2. The van der Waals surface area contributed by atoms with Gasteiger partial charge in [0.1, 0.15) is 34.7 Å². The van der Waals surface area contributed by atoms with Crippen molar-refractivity contribution in [1.29, 1.82) is 0 Å². The third-order valence-electron chi connectivity index (χ3n) is 9.19. The van der Waals surface area contributed by atoms with Gasteiger partial charge in [0.15, 0.2) is 11.8 Å². The summed E-state index contributed by atoms with van der Waals surface area (Å²) in [5.41, 5.74) is -0.723. The largest absolute Gasteiger partial charge is 0.495 e. The Morgan fingerprint density at radius 2 is 2.02 bits per heavy atom. The Kier molecular flexibility index (Phi) is 13.4. The van der Waals surface area contributed by atoms with Crippen molar-refractivity contribution in [1.82, 2.24) is 5.32 Å². The Hall–Kier alpha value is -2.46. The van der Waals surface area contributed by atoms with Gasteiger partial charge >= 0.3 is 12.1 Å². The summed E-state index contributed by atoms with van der Waals surface area (Å²) in [7, 11) is 7.76. The predicted octanol–water partition coefficient (Wildman–Crippen LogP) is 5.08. The number of nitrogens with zero attached hydrogens (tertiary/aromatic N) is 1. The number of halogens is 1. The molecule has 0 saturated carbocycles. The highest BCUT2D eigenvalue weighted by Crippen LogP contribution is 2.49. The number of nitrogens with one attached hydrogen (secondary N) is 1. The zero-order valence-electron chi connectivity index (χ0n) is 29.1. The number of amides is 2. The van der Waals surface area contributed by atoms with Gasteiger partial charge in [-0.2, -0.15) is 0 Å². The van der Waals surface area contributed by atoms with Crippen LogP contribution in [-0.4, -0.2) is 105 Å². The molecule has 12 nitrogen and oxygen atoms in total. The zero-order chi connectivity index (χ0) is 36.1. The quantitative estimate of drug-likeness (QED) is 0.151. The molecule has 15 heteroatoms. The number of ether oxygens (including phenoxy) is 6. The molecule has 272 valence electrons. The van der Waals surface area contributed by atoms with Gasteiger partial charge in [0.25, 0.3) is 0 Å². The molecule has 0 unspecified atom stereocenters. The van der Waals surface area contributed by atoms with Crippen LogP contribution >= 0.6 is 33.2 Å². The number of carbonyl (C=O) groups excluding carboxylic acids is 3. The third kappa shape index (κ3) is 9.26. The summed E-state index contributed by atoms with van der Waals surface area (Å²) < 4.78 is 34.8. The van der Waals surface area contributed by atoms with E-state index in [4.69, 9.17) is 40.0 Å². The minimum absolute atomic E-state index is 0.0173. The van der Waals surface area contributed by atoms with E-state index < -0.39 is 59.8 Å². The Morgan fingerprint density at radius 1 is 1.29 bits per heavy atom. The van der Waals surface area contributed by atoms with Crippen LogP contribution in [-0.2, 0) is 39.7 Å². The Balaban J connectivity index is 1.74. The van der Waals surface area contributed by atoms with Crippen molar-refractivity contribution in [3.63, 3.8) is 0 Å². The van der Waals surface area contributed by atoms with Crippen LogP contribution in [0.2, 0.25) is 5.02 Å². The molecule has 0 spiro atoms. The van der Waals surface area contributed by atoms with Crippen molar-refractivity contribution in [2.45, 2.75) is 88.8 Å². The normalized spacial score (nSPS) is 32.9. The van der Waals surface area contributed by atoms with E-state index in [2.05, 4.69) is 5.32 Å². The number of fused-ring (bicyclic) bond motifs is 5. The molecule has 2 fully saturated rings. The van der Waals surface area contributed by atoms with Crippen LogP contribution in [0.3, 0.4) is 0 Å². The fraction of sp³-hybridized carbons (Fsp3) is 0.618. The van der Waals surface area contributed by atoms with Gasteiger partial charge in [-0.05, 0) is 51.1 Å². The molecule has 3 heterocycles. The first-order valence-corrected chi connectivity index (χ1v) is 19.1. The van der Waals surface area contributed by atoms with Gasteiger partial charge in [-0.1, -0.05) is 63.9 Å². The number of carbonyl (C=O) groups is 3. The average Bonchev–Trinajstić information content (AvgIpc) is 3.75. The molecule has 4 bridgehead atoms. The maximum atomic E-state index is 14.0. The SMILES string of the molecule is COc1cc2cc(c1Cl)N(C)C(=O)C[C@H](OC(=O)[C@H](C)OCCSSC)[C@]1(C)O[C@H]1[C@H](C)[C@@H]1C[C@@](O)(NC(=O)O1)[C@H](OC)/C=C/C=C(\C)C2. The van der Waals surface area contributed by atoms with E-state index in [0.29, 0.717) is 30.2 Å². The lowest BCUT2D eigenvalue weighted by Gasteiger charge is -2.42. The molecule has 8 atom stereocenters. The monoisotopic (exact) mass is 742 g/mol. The second kappa shape index (κ2) is 16.7. The molecule has 0 radical (unpaired) electrons.